The van der Waals surface area contributed by atoms with E-state index in [0.29, 0.717) is 17.0 Å². The monoisotopic (exact) mass is 423 g/mol. The van der Waals surface area contributed by atoms with Gasteiger partial charge in [0.05, 0.1) is 35.9 Å². The largest absolute Gasteiger partial charge is 0.493 e. The van der Waals surface area contributed by atoms with E-state index in [2.05, 4.69) is 31.2 Å². The molecule has 0 aliphatic heterocycles. The molecule has 0 bridgehead atoms. The van der Waals surface area contributed by atoms with Crippen LogP contribution in [-0.2, 0) is 0 Å². The fraction of sp³-hybridized carbons (Fsp3) is 0.0476. The Hall–Kier alpha value is -2.99. The Morgan fingerprint density at radius 1 is 1.04 bits per heavy atom. The zero-order valence-corrected chi connectivity index (χ0v) is 16.0. The minimum Gasteiger partial charge on any atom is -0.493 e. The van der Waals surface area contributed by atoms with Crippen molar-refractivity contribution in [2.75, 3.05) is 12.4 Å². The summed E-state index contributed by atoms with van der Waals surface area (Å²) in [5, 5.41) is 4.30. The van der Waals surface area contributed by atoms with Crippen molar-refractivity contribution in [3.63, 3.8) is 0 Å². The molecule has 0 atom stereocenters. The van der Waals surface area contributed by atoms with Crippen molar-refractivity contribution >= 4 is 38.2 Å². The van der Waals surface area contributed by atoms with Gasteiger partial charge in [0.1, 0.15) is 5.82 Å². The molecule has 0 aliphatic rings. The standard InChI is InChI=1S/C21H15BrFN3O/c1-27-21-12-24-9-8-18(21)26-19-11-20(15-10-13(22)6-7-16(15)23)25-17-5-3-2-4-14(17)19/h2-12H,1H3,(H,24,25,26). The van der Waals surface area contributed by atoms with E-state index in [0.717, 1.165) is 26.8 Å². The van der Waals surface area contributed by atoms with Crippen molar-refractivity contribution in [1.82, 2.24) is 9.97 Å². The summed E-state index contributed by atoms with van der Waals surface area (Å²) in [6.45, 7) is 0. The Morgan fingerprint density at radius 2 is 1.89 bits per heavy atom. The molecule has 2 heterocycles. The third-order valence-electron chi connectivity index (χ3n) is 4.19. The number of hydrogen-bond donors (Lipinski definition) is 1. The van der Waals surface area contributed by atoms with Crippen LogP contribution in [0.3, 0.4) is 0 Å². The van der Waals surface area contributed by atoms with Gasteiger partial charge < -0.3 is 10.1 Å². The van der Waals surface area contributed by atoms with Gasteiger partial charge in [0.2, 0.25) is 0 Å². The first-order valence-corrected chi connectivity index (χ1v) is 9.05. The van der Waals surface area contributed by atoms with Gasteiger partial charge in [0.15, 0.2) is 5.75 Å². The van der Waals surface area contributed by atoms with Gasteiger partial charge in [-0.05, 0) is 36.4 Å². The summed E-state index contributed by atoms with van der Waals surface area (Å²) in [6.07, 6.45) is 3.32. The number of nitrogens with one attached hydrogen (secondary N) is 1. The molecule has 0 spiro atoms. The molecule has 134 valence electrons. The van der Waals surface area contributed by atoms with E-state index in [4.69, 9.17) is 4.74 Å². The lowest BCUT2D eigenvalue weighted by Crippen LogP contribution is -1.98. The first-order chi connectivity index (χ1) is 13.2. The van der Waals surface area contributed by atoms with Gasteiger partial charge in [-0.2, -0.15) is 0 Å². The van der Waals surface area contributed by atoms with E-state index in [1.807, 2.05) is 36.4 Å². The lowest BCUT2D eigenvalue weighted by Gasteiger charge is -2.14. The molecular formula is C21H15BrFN3O. The van der Waals surface area contributed by atoms with Crippen LogP contribution in [0.5, 0.6) is 5.75 Å². The fourth-order valence-corrected chi connectivity index (χ4v) is 3.26. The Labute approximate surface area is 164 Å². The van der Waals surface area contributed by atoms with Crippen molar-refractivity contribution in [2.24, 2.45) is 0 Å². The van der Waals surface area contributed by atoms with E-state index in [-0.39, 0.29) is 5.82 Å². The summed E-state index contributed by atoms with van der Waals surface area (Å²) in [5.74, 6) is 0.294. The minimum absolute atomic E-state index is 0.326. The number of anilines is 2. The summed E-state index contributed by atoms with van der Waals surface area (Å²) >= 11 is 3.40. The molecule has 4 nitrogen and oxygen atoms in total. The molecule has 27 heavy (non-hydrogen) atoms. The van der Waals surface area contributed by atoms with Crippen molar-refractivity contribution < 1.29 is 9.13 Å². The Balaban J connectivity index is 1.90. The molecule has 0 fully saturated rings. The third-order valence-corrected chi connectivity index (χ3v) is 4.69. The Morgan fingerprint density at radius 3 is 2.74 bits per heavy atom. The third kappa shape index (κ3) is 3.48. The van der Waals surface area contributed by atoms with Crippen LogP contribution < -0.4 is 10.1 Å². The van der Waals surface area contributed by atoms with Crippen LogP contribution in [0.25, 0.3) is 22.2 Å². The maximum atomic E-state index is 14.4. The highest BCUT2D eigenvalue weighted by atomic mass is 79.9. The number of nitrogens with zero attached hydrogens (tertiary/aromatic N) is 2. The second-order valence-corrected chi connectivity index (χ2v) is 6.81. The van der Waals surface area contributed by atoms with E-state index in [9.17, 15) is 4.39 Å². The van der Waals surface area contributed by atoms with Gasteiger partial charge >= 0.3 is 0 Å². The highest BCUT2D eigenvalue weighted by Crippen LogP contribution is 2.34. The lowest BCUT2D eigenvalue weighted by atomic mass is 10.1. The average molecular weight is 424 g/mol. The second-order valence-electron chi connectivity index (χ2n) is 5.90. The van der Waals surface area contributed by atoms with Crippen molar-refractivity contribution in [2.45, 2.75) is 0 Å². The topological polar surface area (TPSA) is 47.0 Å². The van der Waals surface area contributed by atoms with Crippen molar-refractivity contribution in [1.29, 1.82) is 0 Å². The van der Waals surface area contributed by atoms with E-state index < -0.39 is 0 Å². The normalized spacial score (nSPS) is 10.8. The molecule has 0 saturated carbocycles. The first-order valence-electron chi connectivity index (χ1n) is 8.26. The van der Waals surface area contributed by atoms with Gasteiger partial charge in [-0.1, -0.05) is 34.1 Å². The summed E-state index contributed by atoms with van der Waals surface area (Å²) in [7, 11) is 1.59. The van der Waals surface area contributed by atoms with Crippen LogP contribution in [0.4, 0.5) is 15.8 Å². The number of benzene rings is 2. The van der Waals surface area contributed by atoms with Gasteiger partial charge in [0, 0.05) is 21.6 Å². The molecule has 0 unspecified atom stereocenters. The van der Waals surface area contributed by atoms with E-state index in [1.165, 1.54) is 6.07 Å². The van der Waals surface area contributed by atoms with Gasteiger partial charge in [-0.15, -0.1) is 0 Å². The maximum Gasteiger partial charge on any atom is 0.160 e. The predicted octanol–water partition coefficient (Wildman–Crippen LogP) is 5.95. The molecule has 1 N–H and O–H groups in total. The summed E-state index contributed by atoms with van der Waals surface area (Å²) < 4.78 is 20.6. The van der Waals surface area contributed by atoms with Crippen LogP contribution in [0.15, 0.2) is 71.5 Å². The van der Waals surface area contributed by atoms with E-state index in [1.54, 1.807) is 31.6 Å². The quantitative estimate of drug-likeness (QED) is 0.440. The van der Waals surface area contributed by atoms with Crippen LogP contribution in [-0.4, -0.2) is 17.1 Å². The molecule has 2 aromatic heterocycles. The smallest absolute Gasteiger partial charge is 0.160 e. The predicted molar refractivity (Wildman–Crippen MR) is 109 cm³/mol. The first kappa shape index (κ1) is 17.4. The molecule has 0 aliphatic carbocycles. The Kier molecular flexibility index (Phi) is 4.73. The molecule has 0 saturated heterocycles. The molecule has 2 aromatic carbocycles. The van der Waals surface area contributed by atoms with Gasteiger partial charge in [0.25, 0.3) is 0 Å². The molecule has 4 rings (SSSR count). The number of para-hydroxylation sites is 1. The van der Waals surface area contributed by atoms with E-state index >= 15 is 0 Å². The zero-order valence-electron chi connectivity index (χ0n) is 14.4. The number of methoxy groups -OCH3 is 1. The minimum atomic E-state index is -0.326. The molecule has 0 radical (unpaired) electrons. The van der Waals surface area contributed by atoms with Gasteiger partial charge in [-0.3, -0.25) is 4.98 Å². The average Bonchev–Trinajstić information content (AvgIpc) is 2.70. The summed E-state index contributed by atoms with van der Waals surface area (Å²) in [5.41, 5.74) is 3.32. The van der Waals surface area contributed by atoms with Crippen LogP contribution >= 0.6 is 15.9 Å². The number of ether oxygens (including phenoxy) is 1. The zero-order chi connectivity index (χ0) is 18.8. The lowest BCUT2D eigenvalue weighted by molar-refractivity contribution is 0.415. The van der Waals surface area contributed by atoms with Crippen LogP contribution in [0, 0.1) is 5.82 Å². The SMILES string of the molecule is COc1cnccc1Nc1cc(-c2cc(Br)ccc2F)nc2ccccc12. The Bertz CT molecular complexity index is 1130. The highest BCUT2D eigenvalue weighted by Gasteiger charge is 2.13. The molecular weight excluding hydrogens is 409 g/mol. The second kappa shape index (κ2) is 7.32. The number of pyridine rings is 2. The maximum absolute atomic E-state index is 14.4. The number of halogens is 2. The number of rotatable bonds is 4. The summed E-state index contributed by atoms with van der Waals surface area (Å²) in [4.78, 5) is 8.72. The van der Waals surface area contributed by atoms with Gasteiger partial charge in [-0.25, -0.2) is 9.37 Å². The highest BCUT2D eigenvalue weighted by molar-refractivity contribution is 9.10. The number of fused-ring (bicyclic) bond motifs is 1. The molecule has 0 amide bonds. The summed E-state index contributed by atoms with van der Waals surface area (Å²) in [6, 6.07) is 16.2. The number of hydrogen-bond acceptors (Lipinski definition) is 4. The van der Waals surface area contributed by atoms with Crippen LogP contribution in [0.2, 0.25) is 0 Å². The van der Waals surface area contributed by atoms with Crippen molar-refractivity contribution in [3.8, 4) is 17.0 Å². The number of aromatic nitrogens is 2. The fourth-order valence-electron chi connectivity index (χ4n) is 2.90. The van der Waals surface area contributed by atoms with Crippen molar-refractivity contribution in [3.05, 3.63) is 77.3 Å². The van der Waals surface area contributed by atoms with Crippen LogP contribution in [0.1, 0.15) is 0 Å². The molecule has 6 heteroatoms. The molecule has 4 aromatic rings.